The number of thiazole rings is 1. The number of β-amino-alcohol motifs (C(OH)–C–C–N with tert-alkyl or cyclic N) is 1. The van der Waals surface area contributed by atoms with Crippen molar-refractivity contribution in [1.82, 2.24) is 40.2 Å². The van der Waals surface area contributed by atoms with Gasteiger partial charge in [0.05, 0.1) is 33.9 Å². The van der Waals surface area contributed by atoms with E-state index in [0.717, 1.165) is 92.4 Å². The van der Waals surface area contributed by atoms with E-state index < -0.39 is 23.5 Å². The maximum atomic E-state index is 14.1. The third-order valence-corrected chi connectivity index (χ3v) is 16.5. The van der Waals surface area contributed by atoms with E-state index >= 15 is 0 Å². The van der Waals surface area contributed by atoms with Crippen LogP contribution in [0.5, 0.6) is 0 Å². The number of nitrogens with zero attached hydrogens (tertiary/aromatic N) is 7. The van der Waals surface area contributed by atoms with Crippen molar-refractivity contribution in [2.24, 2.45) is 11.3 Å². The number of ketones is 3. The zero-order chi connectivity index (χ0) is 55.8. The highest BCUT2D eigenvalue weighted by Crippen LogP contribution is 2.36. The lowest BCUT2D eigenvalue weighted by molar-refractivity contribution is -0.146. The lowest BCUT2D eigenvalue weighted by atomic mass is 9.76. The van der Waals surface area contributed by atoms with Gasteiger partial charge in [0.2, 0.25) is 17.7 Å². The number of aryl methyl sites for hydroxylation is 1. The molecule has 3 aromatic heterocycles. The summed E-state index contributed by atoms with van der Waals surface area (Å²) in [6, 6.07) is 15.3. The monoisotopic (exact) mass is 1080 g/mol. The SMILES string of the molecule is CC1=CC(C)=C(CCC(=O)c2cc(-c3ccc(N4CCN(CCNC(=O)CCCCC(=O)C[C@H](C(=O)N5C[C@H](O)C[C@H]5C(=O)NCc5ccc(-c6scnc6C)cc5)C(C)(C)C)CC4)nc3)cc3c2cnn3C(C)C)C(=O)C1. The van der Waals surface area contributed by atoms with Gasteiger partial charge in [-0.3, -0.25) is 38.3 Å². The summed E-state index contributed by atoms with van der Waals surface area (Å²) < 4.78 is 1.94. The van der Waals surface area contributed by atoms with E-state index in [9.17, 15) is 33.9 Å². The van der Waals surface area contributed by atoms with E-state index in [1.54, 1.807) is 17.5 Å². The summed E-state index contributed by atoms with van der Waals surface area (Å²) in [7, 11) is 0. The zero-order valence-electron chi connectivity index (χ0n) is 46.7. The smallest absolute Gasteiger partial charge is 0.243 e. The molecule has 3 aliphatic rings. The van der Waals surface area contributed by atoms with Crippen molar-refractivity contribution in [3.63, 3.8) is 0 Å². The number of piperazine rings is 1. The minimum atomic E-state index is -0.844. The van der Waals surface area contributed by atoms with Gasteiger partial charge in [-0.25, -0.2) is 9.97 Å². The number of likely N-dealkylation sites (tertiary alicyclic amines) is 1. The Kier molecular flexibility index (Phi) is 18.7. The lowest BCUT2D eigenvalue weighted by Crippen LogP contribution is -2.50. The molecule has 17 heteroatoms. The molecule has 0 saturated carbocycles. The molecule has 2 aliphatic heterocycles. The number of allylic oxidation sites excluding steroid dienone is 4. The Bertz CT molecular complexity index is 3070. The van der Waals surface area contributed by atoms with Gasteiger partial charge in [-0.05, 0) is 111 Å². The number of Topliss-reactive ketones (excluding diaryl/α,β-unsaturated/α-hetero) is 3. The fraction of sp³-hybridized carbons (Fsp3) is 0.492. The molecule has 414 valence electrons. The van der Waals surface area contributed by atoms with Crippen LogP contribution in [0.3, 0.4) is 0 Å². The summed E-state index contributed by atoms with van der Waals surface area (Å²) in [6.07, 6.45) is 7.62. The Morgan fingerprint density at radius 1 is 0.859 bits per heavy atom. The summed E-state index contributed by atoms with van der Waals surface area (Å²) in [4.78, 5) is 97.0. The first-order valence-electron chi connectivity index (χ1n) is 27.7. The third kappa shape index (κ3) is 14.1. The number of carbonyl (C=O) groups excluding carboxylic acids is 6. The number of carbonyl (C=O) groups is 6. The molecule has 8 rings (SSSR count). The molecule has 0 radical (unpaired) electrons. The van der Waals surface area contributed by atoms with Crippen molar-refractivity contribution in [3.8, 4) is 21.6 Å². The van der Waals surface area contributed by atoms with Crippen molar-refractivity contribution in [2.45, 2.75) is 138 Å². The van der Waals surface area contributed by atoms with E-state index in [2.05, 4.69) is 50.4 Å². The van der Waals surface area contributed by atoms with Crippen LogP contribution in [0.2, 0.25) is 0 Å². The standard InChI is InChI=1S/C61H77N9O7S/c1-38(2)70-52-30-45(29-49(50(52)35-66-70)54(73)19-18-48-40(4)27-39(3)28-55(48)74)44-17-20-56(63-34-44)68-25-23-67(24-26-68)22-21-62-57(75)12-10-9-11-46(71)31-51(61(6,7)8)60(77)69-36-47(72)32-53(69)59(76)64-33-42-13-15-43(16-14-42)58-41(5)65-37-78-58/h13-17,20,27,29-30,34-35,37-38,47,51,53,72H,9-12,18-19,21-26,28,31-33,36H2,1-8H3,(H,62,75)(H,64,76)/t47-,51-,53+/m1/s1. The highest BCUT2D eigenvalue weighted by molar-refractivity contribution is 7.13. The van der Waals surface area contributed by atoms with Crippen molar-refractivity contribution in [2.75, 3.05) is 50.7 Å². The molecule has 0 bridgehead atoms. The summed E-state index contributed by atoms with van der Waals surface area (Å²) in [5.74, 6) is -0.506. The molecule has 3 N–H and O–H groups in total. The minimum Gasteiger partial charge on any atom is -0.391 e. The molecule has 0 unspecified atom stereocenters. The van der Waals surface area contributed by atoms with E-state index in [1.807, 2.05) is 106 Å². The van der Waals surface area contributed by atoms with Crippen molar-refractivity contribution in [3.05, 3.63) is 106 Å². The molecule has 78 heavy (non-hydrogen) atoms. The van der Waals surface area contributed by atoms with Crippen LogP contribution in [-0.2, 0) is 30.5 Å². The number of aromatic nitrogens is 4. The van der Waals surface area contributed by atoms with Gasteiger partial charge in [-0.2, -0.15) is 5.10 Å². The van der Waals surface area contributed by atoms with Gasteiger partial charge in [0.25, 0.3) is 0 Å². The number of hydrogen-bond acceptors (Lipinski definition) is 13. The van der Waals surface area contributed by atoms with Gasteiger partial charge in [0.1, 0.15) is 17.6 Å². The molecule has 2 fully saturated rings. The molecular formula is C61H77N9O7S. The Labute approximate surface area is 462 Å². The average molecular weight is 1080 g/mol. The molecule has 0 spiro atoms. The van der Waals surface area contributed by atoms with Crippen LogP contribution >= 0.6 is 11.3 Å². The van der Waals surface area contributed by atoms with Gasteiger partial charge >= 0.3 is 0 Å². The first-order valence-corrected chi connectivity index (χ1v) is 28.5. The number of aliphatic hydroxyl groups excluding tert-OH is 1. The maximum Gasteiger partial charge on any atom is 0.243 e. The number of anilines is 1. The van der Waals surface area contributed by atoms with Crippen molar-refractivity contribution in [1.29, 1.82) is 0 Å². The highest BCUT2D eigenvalue weighted by Gasteiger charge is 2.44. The molecule has 5 aromatic rings. The number of aliphatic hydroxyl groups is 1. The largest absolute Gasteiger partial charge is 0.391 e. The predicted octanol–water partition coefficient (Wildman–Crippen LogP) is 9.01. The number of unbranched alkanes of at least 4 members (excludes halogenated alkanes) is 1. The average Bonchev–Trinajstić information content (AvgIpc) is 4.26. The minimum absolute atomic E-state index is 0.0198. The summed E-state index contributed by atoms with van der Waals surface area (Å²) in [6.45, 7) is 20.5. The summed E-state index contributed by atoms with van der Waals surface area (Å²) >= 11 is 1.58. The van der Waals surface area contributed by atoms with Crippen LogP contribution in [0.25, 0.3) is 32.5 Å². The van der Waals surface area contributed by atoms with Crippen LogP contribution in [-0.4, -0.2) is 128 Å². The number of nitrogens with one attached hydrogen (secondary N) is 2. The second-order valence-electron chi connectivity index (χ2n) is 22.8. The van der Waals surface area contributed by atoms with E-state index in [1.165, 1.54) is 4.90 Å². The van der Waals surface area contributed by atoms with Crippen LogP contribution < -0.4 is 15.5 Å². The Morgan fingerprint density at radius 2 is 1.59 bits per heavy atom. The molecule has 2 aromatic carbocycles. The number of benzene rings is 2. The van der Waals surface area contributed by atoms with Crippen LogP contribution in [0.15, 0.2) is 89.2 Å². The Hall–Kier alpha value is -6.69. The Morgan fingerprint density at radius 3 is 2.26 bits per heavy atom. The van der Waals surface area contributed by atoms with Gasteiger partial charge in [-0.15, -0.1) is 11.3 Å². The number of rotatable bonds is 22. The van der Waals surface area contributed by atoms with Gasteiger partial charge in [0.15, 0.2) is 11.6 Å². The van der Waals surface area contributed by atoms with Gasteiger partial charge < -0.3 is 25.5 Å². The second kappa shape index (κ2) is 25.4. The number of pyridine rings is 1. The number of hydrogen-bond donors (Lipinski definition) is 3. The topological polar surface area (TPSA) is 200 Å². The first kappa shape index (κ1) is 57.5. The lowest BCUT2D eigenvalue weighted by Gasteiger charge is -2.35. The van der Waals surface area contributed by atoms with Crippen LogP contribution in [0, 0.1) is 18.3 Å². The van der Waals surface area contributed by atoms with Gasteiger partial charge in [-0.1, -0.05) is 56.7 Å². The molecule has 1 aliphatic carbocycles. The molecule has 5 heterocycles. The predicted molar refractivity (Wildman–Crippen MR) is 306 cm³/mol. The fourth-order valence-corrected chi connectivity index (χ4v) is 11.8. The van der Waals surface area contributed by atoms with E-state index in [-0.39, 0.29) is 79.9 Å². The summed E-state index contributed by atoms with van der Waals surface area (Å²) in [5.41, 5.74) is 10.1. The van der Waals surface area contributed by atoms with Crippen LogP contribution in [0.1, 0.15) is 134 Å². The highest BCUT2D eigenvalue weighted by atomic mass is 32.1. The second-order valence-corrected chi connectivity index (χ2v) is 23.7. The zero-order valence-corrected chi connectivity index (χ0v) is 47.5. The normalized spacial score (nSPS) is 17.7. The van der Waals surface area contributed by atoms with Crippen molar-refractivity contribution >= 4 is 63.1 Å². The summed E-state index contributed by atoms with van der Waals surface area (Å²) in [5, 5.41) is 22.1. The maximum absolute atomic E-state index is 14.1. The van der Waals surface area contributed by atoms with Crippen LogP contribution in [0.4, 0.5) is 5.82 Å². The molecule has 3 atom stereocenters. The third-order valence-electron chi connectivity index (χ3n) is 15.5. The molecule has 3 amide bonds. The van der Waals surface area contributed by atoms with E-state index in [4.69, 9.17) is 4.98 Å². The van der Waals surface area contributed by atoms with Gasteiger partial charge in [0, 0.05) is 126 Å². The number of fused-ring (bicyclic) bond motifs is 1. The molecular weight excluding hydrogens is 1000 g/mol. The molecule has 16 nitrogen and oxygen atoms in total. The number of amides is 3. The molecule has 2 saturated heterocycles. The quantitative estimate of drug-likeness (QED) is 0.0440. The first-order chi connectivity index (χ1) is 37.2. The Balaban J connectivity index is 0.749. The fourth-order valence-electron chi connectivity index (χ4n) is 11.0. The van der Waals surface area contributed by atoms with Crippen molar-refractivity contribution < 1.29 is 33.9 Å². The van der Waals surface area contributed by atoms with E-state index in [0.29, 0.717) is 50.8 Å².